The van der Waals surface area contributed by atoms with Crippen LogP contribution in [0.2, 0.25) is 0 Å². The first-order valence-electron chi connectivity index (χ1n) is 6.49. The van der Waals surface area contributed by atoms with Gasteiger partial charge in [0.2, 0.25) is 0 Å². The smallest absolute Gasteiger partial charge is 0.132 e. The summed E-state index contributed by atoms with van der Waals surface area (Å²) >= 11 is 0. The van der Waals surface area contributed by atoms with Crippen molar-refractivity contribution in [3.8, 4) is 0 Å². The molecule has 8 heteroatoms. The first-order valence-corrected chi connectivity index (χ1v) is 6.49. The highest BCUT2D eigenvalue weighted by Crippen LogP contribution is 2.16. The molecule has 0 unspecified atom stereocenters. The van der Waals surface area contributed by atoms with Crippen LogP contribution in [0.15, 0.2) is 10.2 Å². The van der Waals surface area contributed by atoms with E-state index in [4.69, 9.17) is 21.0 Å². The summed E-state index contributed by atoms with van der Waals surface area (Å²) in [5, 5.41) is 46.9. The average molecular weight is 286 g/mol. The maximum atomic E-state index is 8.73. The molecule has 0 spiro atoms. The molecule has 0 bridgehead atoms. The summed E-state index contributed by atoms with van der Waals surface area (Å²) in [6.07, 6.45) is 0. The highest BCUT2D eigenvalue weighted by Gasteiger charge is 2.28. The van der Waals surface area contributed by atoms with Crippen LogP contribution in [0.25, 0.3) is 0 Å². The summed E-state index contributed by atoms with van der Waals surface area (Å²) in [4.78, 5) is 0. The summed E-state index contributed by atoms with van der Waals surface area (Å²) < 4.78 is 0. The molecule has 0 rings (SSSR count). The molecular weight excluding hydrogens is 260 g/mol. The Kier molecular flexibility index (Phi) is 7.30. The van der Waals surface area contributed by atoms with Crippen molar-refractivity contribution in [1.29, 1.82) is 10.8 Å². The van der Waals surface area contributed by atoms with E-state index in [1.54, 1.807) is 27.7 Å². The number of rotatable bonds is 8. The molecule has 0 aromatic rings. The lowest BCUT2D eigenvalue weighted by Crippen LogP contribution is -2.43. The van der Waals surface area contributed by atoms with E-state index in [1.807, 2.05) is 0 Å². The Labute approximate surface area is 119 Å². The minimum absolute atomic E-state index is 0.0587. The summed E-state index contributed by atoms with van der Waals surface area (Å²) in [7, 11) is 0. The summed E-state index contributed by atoms with van der Waals surface area (Å²) in [5.41, 5.74) is -1.71. The van der Waals surface area contributed by atoms with Crippen molar-refractivity contribution in [2.24, 2.45) is 10.2 Å². The Morgan fingerprint density at radius 2 is 1.15 bits per heavy atom. The lowest BCUT2D eigenvalue weighted by atomic mass is 10.0. The van der Waals surface area contributed by atoms with E-state index in [1.165, 1.54) is 0 Å². The lowest BCUT2D eigenvalue weighted by molar-refractivity contribution is 0.298. The summed E-state index contributed by atoms with van der Waals surface area (Å²) in [5.74, 6) is 0.307. The van der Waals surface area contributed by atoms with Gasteiger partial charge in [-0.1, -0.05) is 0 Å². The third-order valence-corrected chi connectivity index (χ3v) is 2.60. The molecule has 0 heterocycles. The molecule has 20 heavy (non-hydrogen) atoms. The van der Waals surface area contributed by atoms with E-state index in [2.05, 4.69) is 20.9 Å². The molecule has 116 valence electrons. The van der Waals surface area contributed by atoms with Crippen molar-refractivity contribution in [2.45, 2.75) is 38.8 Å². The van der Waals surface area contributed by atoms with Crippen molar-refractivity contribution in [2.75, 3.05) is 26.3 Å². The molecule has 0 aromatic carbocycles. The number of azo groups is 1. The number of hydrogen-bond acceptors (Lipinski definition) is 6. The number of nitrogens with zero attached hydrogens (tertiary/aromatic N) is 2. The topological polar surface area (TPSA) is 137 Å². The quantitative estimate of drug-likeness (QED) is 0.214. The van der Waals surface area contributed by atoms with Gasteiger partial charge < -0.3 is 20.8 Å². The predicted octanol–water partition coefficient (Wildman–Crippen LogP) is 0.114. The Hall–Kier alpha value is -1.54. The van der Waals surface area contributed by atoms with Gasteiger partial charge in [0.25, 0.3) is 0 Å². The Balaban J connectivity index is 4.72. The van der Waals surface area contributed by atoms with Gasteiger partial charge in [0.15, 0.2) is 0 Å². The second-order valence-corrected chi connectivity index (χ2v) is 5.37. The van der Waals surface area contributed by atoms with Crippen molar-refractivity contribution in [3.05, 3.63) is 0 Å². The molecule has 0 aromatic heterocycles. The van der Waals surface area contributed by atoms with Gasteiger partial charge in [0.05, 0.1) is 13.2 Å². The molecule has 0 aliphatic carbocycles. The van der Waals surface area contributed by atoms with E-state index >= 15 is 0 Å². The summed E-state index contributed by atoms with van der Waals surface area (Å²) in [6.45, 7) is 7.36. The highest BCUT2D eigenvalue weighted by molar-refractivity contribution is 5.89. The minimum Gasteiger partial charge on any atom is -0.395 e. The van der Waals surface area contributed by atoms with Gasteiger partial charge in [0, 0.05) is 13.1 Å². The number of hydrogen-bond donors (Lipinski definition) is 6. The zero-order valence-corrected chi connectivity index (χ0v) is 12.6. The van der Waals surface area contributed by atoms with Crippen LogP contribution in [-0.2, 0) is 0 Å². The molecule has 0 saturated heterocycles. The third kappa shape index (κ3) is 6.07. The van der Waals surface area contributed by atoms with Gasteiger partial charge >= 0.3 is 0 Å². The Morgan fingerprint density at radius 1 is 0.850 bits per heavy atom. The second kappa shape index (κ2) is 7.91. The fraction of sp³-hybridized carbons (Fsp3) is 0.833. The van der Waals surface area contributed by atoms with Crippen LogP contribution in [0.4, 0.5) is 0 Å². The van der Waals surface area contributed by atoms with Crippen LogP contribution in [0.1, 0.15) is 27.7 Å². The van der Waals surface area contributed by atoms with Crippen molar-refractivity contribution >= 4 is 11.7 Å². The van der Waals surface area contributed by atoms with Crippen LogP contribution >= 0.6 is 0 Å². The van der Waals surface area contributed by atoms with Crippen molar-refractivity contribution in [1.82, 2.24) is 10.6 Å². The van der Waals surface area contributed by atoms with Crippen LogP contribution in [0, 0.1) is 10.8 Å². The first-order chi connectivity index (χ1) is 9.17. The molecule has 0 radical (unpaired) electrons. The number of aliphatic hydroxyl groups excluding tert-OH is 2. The first kappa shape index (κ1) is 18.5. The molecule has 6 N–H and O–H groups in total. The van der Waals surface area contributed by atoms with Crippen molar-refractivity contribution < 1.29 is 10.2 Å². The summed E-state index contributed by atoms with van der Waals surface area (Å²) in [6, 6.07) is 0. The van der Waals surface area contributed by atoms with E-state index < -0.39 is 11.1 Å². The largest absolute Gasteiger partial charge is 0.395 e. The zero-order chi connectivity index (χ0) is 15.8. The van der Waals surface area contributed by atoms with E-state index in [0.717, 1.165) is 0 Å². The van der Waals surface area contributed by atoms with E-state index in [9.17, 15) is 0 Å². The van der Waals surface area contributed by atoms with Crippen LogP contribution in [-0.4, -0.2) is 59.3 Å². The fourth-order valence-corrected chi connectivity index (χ4v) is 1.14. The predicted molar refractivity (Wildman–Crippen MR) is 78.6 cm³/mol. The van der Waals surface area contributed by atoms with Crippen LogP contribution in [0.3, 0.4) is 0 Å². The van der Waals surface area contributed by atoms with Crippen LogP contribution in [0.5, 0.6) is 0 Å². The number of amidine groups is 2. The van der Waals surface area contributed by atoms with E-state index in [0.29, 0.717) is 0 Å². The zero-order valence-electron chi connectivity index (χ0n) is 12.6. The standard InChI is InChI=1S/C12H26N6O2/c1-11(2,9(13)15-5-7-19)17-18-12(3,4)10(14)16-6-8-20/h19-20H,5-8H2,1-4H3,(H2,13,15)(H2,14,16)/b18-17+. The van der Waals surface area contributed by atoms with Gasteiger partial charge in [-0.2, -0.15) is 10.2 Å². The molecule has 0 atom stereocenters. The number of aliphatic hydroxyl groups is 2. The minimum atomic E-state index is -0.857. The lowest BCUT2D eigenvalue weighted by Gasteiger charge is -2.25. The second-order valence-electron chi connectivity index (χ2n) is 5.37. The number of nitrogens with one attached hydrogen (secondary N) is 4. The SMILES string of the molecule is CC(C)(/N=N/C(C)(C)C(=N)NCCO)C(=N)NCCO. The maximum Gasteiger partial charge on any atom is 0.132 e. The molecule has 0 fully saturated rings. The van der Waals surface area contributed by atoms with Gasteiger partial charge in [0.1, 0.15) is 22.7 Å². The van der Waals surface area contributed by atoms with Gasteiger partial charge in [-0.25, -0.2) is 0 Å². The van der Waals surface area contributed by atoms with Gasteiger partial charge in [-0.15, -0.1) is 0 Å². The van der Waals surface area contributed by atoms with E-state index in [-0.39, 0.29) is 38.0 Å². The highest BCUT2D eigenvalue weighted by atomic mass is 16.3. The maximum absolute atomic E-state index is 8.73. The van der Waals surface area contributed by atoms with Crippen molar-refractivity contribution in [3.63, 3.8) is 0 Å². The molecule has 0 saturated carbocycles. The van der Waals surface area contributed by atoms with Crippen LogP contribution < -0.4 is 10.6 Å². The monoisotopic (exact) mass is 286 g/mol. The Morgan fingerprint density at radius 3 is 1.40 bits per heavy atom. The molecule has 0 amide bonds. The van der Waals surface area contributed by atoms with Gasteiger partial charge in [-0.3, -0.25) is 10.8 Å². The van der Waals surface area contributed by atoms with Gasteiger partial charge in [-0.05, 0) is 27.7 Å². The molecule has 0 aliphatic heterocycles. The third-order valence-electron chi connectivity index (χ3n) is 2.60. The molecule has 8 nitrogen and oxygen atoms in total. The molecular formula is C12H26N6O2. The normalized spacial score (nSPS) is 12.5. The average Bonchev–Trinajstić information content (AvgIpc) is 2.39. The Bertz CT molecular complexity index is 331. The molecule has 0 aliphatic rings. The fourth-order valence-electron chi connectivity index (χ4n) is 1.14.